The Kier molecular flexibility index (Phi) is 3.17. The Hall–Kier alpha value is -1.87. The summed E-state index contributed by atoms with van der Waals surface area (Å²) in [4.78, 5) is 4.28. The molecule has 0 aliphatic carbocycles. The number of ether oxygens (including phenoxy) is 1. The van der Waals surface area contributed by atoms with Gasteiger partial charge in [-0.3, -0.25) is 0 Å². The molecule has 16 heavy (non-hydrogen) atoms. The van der Waals surface area contributed by atoms with Crippen molar-refractivity contribution < 1.29 is 4.74 Å². The highest BCUT2D eigenvalue weighted by Crippen LogP contribution is 2.22. The molecular weight excluding hydrogens is 200 g/mol. The summed E-state index contributed by atoms with van der Waals surface area (Å²) >= 11 is 0. The fourth-order valence-electron chi connectivity index (χ4n) is 1.41. The van der Waals surface area contributed by atoms with E-state index in [2.05, 4.69) is 4.98 Å². The van der Waals surface area contributed by atoms with Gasteiger partial charge in [0.1, 0.15) is 5.75 Å². The van der Waals surface area contributed by atoms with Crippen molar-refractivity contribution in [1.29, 1.82) is 0 Å². The molecule has 0 bridgehead atoms. The van der Waals surface area contributed by atoms with Crippen molar-refractivity contribution in [3.8, 4) is 11.6 Å². The van der Waals surface area contributed by atoms with Gasteiger partial charge in [0.15, 0.2) is 0 Å². The average molecular weight is 214 g/mol. The zero-order valence-corrected chi connectivity index (χ0v) is 9.18. The van der Waals surface area contributed by atoms with Gasteiger partial charge in [-0.05, 0) is 24.6 Å². The maximum Gasteiger partial charge on any atom is 0.219 e. The van der Waals surface area contributed by atoms with E-state index in [1.165, 1.54) is 0 Å². The highest BCUT2D eigenvalue weighted by molar-refractivity contribution is 5.35. The second-order valence-corrected chi connectivity index (χ2v) is 3.54. The quantitative estimate of drug-likeness (QED) is 0.854. The summed E-state index contributed by atoms with van der Waals surface area (Å²) in [6.45, 7) is 2.42. The van der Waals surface area contributed by atoms with E-state index in [1.54, 1.807) is 0 Å². The molecule has 0 unspecified atom stereocenters. The molecule has 0 amide bonds. The number of hydrogen-bond acceptors (Lipinski definition) is 3. The third kappa shape index (κ3) is 2.38. The van der Waals surface area contributed by atoms with Crippen molar-refractivity contribution >= 4 is 0 Å². The number of aryl methyl sites for hydroxylation is 1. The molecule has 0 saturated carbocycles. The summed E-state index contributed by atoms with van der Waals surface area (Å²) in [7, 11) is 0. The molecule has 3 nitrogen and oxygen atoms in total. The van der Waals surface area contributed by atoms with Gasteiger partial charge in [0, 0.05) is 12.6 Å². The molecule has 2 rings (SSSR count). The van der Waals surface area contributed by atoms with E-state index in [0.29, 0.717) is 12.4 Å². The van der Waals surface area contributed by atoms with E-state index in [1.807, 2.05) is 49.4 Å². The van der Waals surface area contributed by atoms with E-state index in [0.717, 1.165) is 17.0 Å². The Labute approximate surface area is 94.9 Å². The number of nitrogens with two attached hydrogens (primary N) is 1. The summed E-state index contributed by atoms with van der Waals surface area (Å²) in [5.74, 6) is 1.40. The third-order valence-electron chi connectivity index (χ3n) is 2.30. The lowest BCUT2D eigenvalue weighted by molar-refractivity contribution is 0.457. The molecule has 1 heterocycles. The highest BCUT2D eigenvalue weighted by Gasteiger charge is 2.01. The van der Waals surface area contributed by atoms with Crippen LogP contribution in [-0.4, -0.2) is 4.98 Å². The number of para-hydroxylation sites is 1. The molecule has 0 aliphatic heterocycles. The van der Waals surface area contributed by atoms with Gasteiger partial charge < -0.3 is 10.5 Å². The van der Waals surface area contributed by atoms with Crippen molar-refractivity contribution in [3.05, 3.63) is 53.7 Å². The van der Waals surface area contributed by atoms with Crippen LogP contribution in [0.5, 0.6) is 11.6 Å². The minimum Gasteiger partial charge on any atom is -0.439 e. The Morgan fingerprint density at radius 3 is 2.69 bits per heavy atom. The molecule has 82 valence electrons. The van der Waals surface area contributed by atoms with Gasteiger partial charge in [0.25, 0.3) is 0 Å². The Balaban J connectivity index is 2.24. The standard InChI is InChI=1S/C13H14N2O/c1-10-5-2-3-7-12(10)16-13-8-4-6-11(9-14)15-13/h2-8H,9,14H2,1H3. The molecule has 0 aliphatic rings. The highest BCUT2D eigenvalue weighted by atomic mass is 16.5. The number of benzene rings is 1. The normalized spacial score (nSPS) is 10.1. The van der Waals surface area contributed by atoms with Crippen LogP contribution in [0, 0.1) is 6.92 Å². The molecule has 2 aromatic rings. The van der Waals surface area contributed by atoms with Gasteiger partial charge in [0.2, 0.25) is 5.88 Å². The first-order chi connectivity index (χ1) is 7.79. The minimum atomic E-state index is 0.422. The van der Waals surface area contributed by atoms with Gasteiger partial charge >= 0.3 is 0 Å². The van der Waals surface area contributed by atoms with E-state index < -0.39 is 0 Å². The molecular formula is C13H14N2O. The molecule has 0 spiro atoms. The van der Waals surface area contributed by atoms with Crippen LogP contribution in [0.3, 0.4) is 0 Å². The Bertz CT molecular complexity index is 483. The number of aromatic nitrogens is 1. The number of pyridine rings is 1. The summed E-state index contributed by atoms with van der Waals surface area (Å²) < 4.78 is 5.68. The summed E-state index contributed by atoms with van der Waals surface area (Å²) in [5, 5.41) is 0. The summed E-state index contributed by atoms with van der Waals surface area (Å²) in [6.07, 6.45) is 0. The monoisotopic (exact) mass is 214 g/mol. The minimum absolute atomic E-state index is 0.422. The van der Waals surface area contributed by atoms with Crippen LogP contribution >= 0.6 is 0 Å². The van der Waals surface area contributed by atoms with Crippen molar-refractivity contribution in [2.45, 2.75) is 13.5 Å². The first kappa shape index (κ1) is 10.6. The third-order valence-corrected chi connectivity index (χ3v) is 2.30. The van der Waals surface area contributed by atoms with Crippen LogP contribution in [0.4, 0.5) is 0 Å². The molecule has 2 N–H and O–H groups in total. The van der Waals surface area contributed by atoms with Crippen molar-refractivity contribution in [1.82, 2.24) is 4.98 Å². The van der Waals surface area contributed by atoms with Gasteiger partial charge in [-0.15, -0.1) is 0 Å². The summed E-state index contributed by atoms with van der Waals surface area (Å²) in [5.41, 5.74) is 7.43. The first-order valence-corrected chi connectivity index (χ1v) is 5.19. The Morgan fingerprint density at radius 1 is 1.12 bits per heavy atom. The Morgan fingerprint density at radius 2 is 1.94 bits per heavy atom. The molecule has 0 fully saturated rings. The smallest absolute Gasteiger partial charge is 0.219 e. The maximum atomic E-state index is 5.68. The van der Waals surface area contributed by atoms with Gasteiger partial charge in [-0.25, -0.2) is 4.98 Å². The van der Waals surface area contributed by atoms with Gasteiger partial charge in [-0.2, -0.15) is 0 Å². The molecule has 1 aromatic carbocycles. The van der Waals surface area contributed by atoms with Crippen molar-refractivity contribution in [2.75, 3.05) is 0 Å². The van der Waals surface area contributed by atoms with Crippen LogP contribution in [0.25, 0.3) is 0 Å². The molecule has 1 aromatic heterocycles. The lowest BCUT2D eigenvalue weighted by Crippen LogP contribution is -2.00. The van der Waals surface area contributed by atoms with E-state index in [4.69, 9.17) is 10.5 Å². The van der Waals surface area contributed by atoms with Crippen molar-refractivity contribution in [2.24, 2.45) is 5.73 Å². The fraction of sp³-hybridized carbons (Fsp3) is 0.154. The average Bonchev–Trinajstić information content (AvgIpc) is 2.32. The lowest BCUT2D eigenvalue weighted by Gasteiger charge is -2.07. The molecule has 0 saturated heterocycles. The van der Waals surface area contributed by atoms with Crippen LogP contribution in [0.2, 0.25) is 0 Å². The first-order valence-electron chi connectivity index (χ1n) is 5.19. The lowest BCUT2D eigenvalue weighted by atomic mass is 10.2. The predicted octanol–water partition coefficient (Wildman–Crippen LogP) is 2.64. The van der Waals surface area contributed by atoms with Gasteiger partial charge in [-0.1, -0.05) is 24.3 Å². The van der Waals surface area contributed by atoms with Crippen LogP contribution in [0.1, 0.15) is 11.3 Å². The second kappa shape index (κ2) is 4.77. The van der Waals surface area contributed by atoms with E-state index in [9.17, 15) is 0 Å². The van der Waals surface area contributed by atoms with Crippen LogP contribution in [0.15, 0.2) is 42.5 Å². The van der Waals surface area contributed by atoms with Crippen LogP contribution in [-0.2, 0) is 6.54 Å². The van der Waals surface area contributed by atoms with E-state index in [-0.39, 0.29) is 0 Å². The van der Waals surface area contributed by atoms with E-state index >= 15 is 0 Å². The topological polar surface area (TPSA) is 48.1 Å². The number of rotatable bonds is 3. The number of nitrogens with zero attached hydrogens (tertiary/aromatic N) is 1. The predicted molar refractivity (Wildman–Crippen MR) is 63.4 cm³/mol. The molecule has 0 radical (unpaired) electrons. The number of hydrogen-bond donors (Lipinski definition) is 1. The maximum absolute atomic E-state index is 5.68. The fourth-order valence-corrected chi connectivity index (χ4v) is 1.41. The zero-order chi connectivity index (χ0) is 11.4. The largest absolute Gasteiger partial charge is 0.439 e. The van der Waals surface area contributed by atoms with Crippen molar-refractivity contribution in [3.63, 3.8) is 0 Å². The molecule has 3 heteroatoms. The van der Waals surface area contributed by atoms with Crippen LogP contribution < -0.4 is 10.5 Å². The van der Waals surface area contributed by atoms with Gasteiger partial charge in [0.05, 0.1) is 5.69 Å². The molecule has 0 atom stereocenters. The summed E-state index contributed by atoms with van der Waals surface area (Å²) in [6, 6.07) is 13.4. The zero-order valence-electron chi connectivity index (χ0n) is 9.18. The SMILES string of the molecule is Cc1ccccc1Oc1cccc(CN)n1. The second-order valence-electron chi connectivity index (χ2n) is 3.54.